The molecule has 2 aromatic rings. The van der Waals surface area contributed by atoms with E-state index in [9.17, 15) is 9.59 Å². The molecule has 1 heterocycles. The van der Waals surface area contributed by atoms with Crippen molar-refractivity contribution in [2.45, 2.75) is 26.2 Å². The van der Waals surface area contributed by atoms with E-state index < -0.39 is 0 Å². The van der Waals surface area contributed by atoms with E-state index in [1.165, 1.54) is 7.11 Å². The van der Waals surface area contributed by atoms with Crippen molar-refractivity contribution < 1.29 is 19.0 Å². The highest BCUT2D eigenvalue weighted by molar-refractivity contribution is 5.90. The van der Waals surface area contributed by atoms with Crippen LogP contribution in [0.4, 0.5) is 0 Å². The minimum atomic E-state index is -0.349. The molecule has 124 valence electrons. The Morgan fingerprint density at radius 2 is 1.70 bits per heavy atom. The molecule has 1 N–H and O–H groups in total. The Bertz CT molecular complexity index is 779. The second-order valence-corrected chi connectivity index (χ2v) is 5.09. The largest absolute Gasteiger partial charge is 0.493 e. The highest BCUT2D eigenvalue weighted by Crippen LogP contribution is 2.34. The number of carbonyl (C=O) groups excluding carboxylic acids is 1. The molecule has 1 aromatic heterocycles. The Balaban J connectivity index is 2.68. The topological polar surface area (TPSA) is 77.6 Å². The molecule has 0 aliphatic carbocycles. The zero-order valence-electron chi connectivity index (χ0n) is 13.8. The van der Waals surface area contributed by atoms with E-state index in [1.807, 2.05) is 13.0 Å². The Kier molecular flexibility index (Phi) is 5.26. The van der Waals surface area contributed by atoms with Gasteiger partial charge in [-0.25, -0.2) is 0 Å². The van der Waals surface area contributed by atoms with Crippen molar-refractivity contribution in [3.8, 4) is 11.5 Å². The van der Waals surface area contributed by atoms with Crippen LogP contribution in [0, 0.1) is 0 Å². The van der Waals surface area contributed by atoms with E-state index in [0.29, 0.717) is 29.9 Å². The van der Waals surface area contributed by atoms with Crippen LogP contribution < -0.4 is 15.0 Å². The first-order valence-corrected chi connectivity index (χ1v) is 7.42. The van der Waals surface area contributed by atoms with Crippen LogP contribution in [0.15, 0.2) is 16.9 Å². The number of aryl methyl sites for hydroxylation is 2. The summed E-state index contributed by atoms with van der Waals surface area (Å²) in [7, 11) is 4.45. The first-order valence-electron chi connectivity index (χ1n) is 7.42. The maximum atomic E-state index is 12.4. The summed E-state index contributed by atoms with van der Waals surface area (Å²) in [6.07, 6.45) is 1.13. The Morgan fingerprint density at radius 3 is 2.22 bits per heavy atom. The van der Waals surface area contributed by atoms with Crippen molar-refractivity contribution >= 4 is 16.7 Å². The third-order valence-electron chi connectivity index (χ3n) is 3.87. The summed E-state index contributed by atoms with van der Waals surface area (Å²) in [6.45, 7) is 1.97. The van der Waals surface area contributed by atoms with Gasteiger partial charge >= 0.3 is 5.97 Å². The number of aromatic amines is 1. The predicted molar refractivity (Wildman–Crippen MR) is 87.4 cm³/mol. The number of hydrogen-bond acceptors (Lipinski definition) is 5. The van der Waals surface area contributed by atoms with Crippen molar-refractivity contribution in [1.82, 2.24) is 4.98 Å². The lowest BCUT2D eigenvalue weighted by Crippen LogP contribution is -2.17. The molecule has 0 unspecified atom stereocenters. The lowest BCUT2D eigenvalue weighted by Gasteiger charge is -2.14. The lowest BCUT2D eigenvalue weighted by atomic mass is 9.99. The standard InChI is InChI=1S/C17H21NO5/c1-5-13-12-9-15(22-3)14(21-2)8-11(12)10(17(20)18-13)6-7-16(19)23-4/h8-9H,5-7H2,1-4H3,(H,18,20). The number of nitrogens with one attached hydrogen (secondary N) is 1. The molecule has 0 saturated carbocycles. The molecule has 0 saturated heterocycles. The fraction of sp³-hybridized carbons (Fsp3) is 0.412. The van der Waals surface area contributed by atoms with Gasteiger partial charge in [0.1, 0.15) is 0 Å². The molecule has 0 fully saturated rings. The molecule has 0 spiro atoms. The number of fused-ring (bicyclic) bond motifs is 1. The summed E-state index contributed by atoms with van der Waals surface area (Å²) in [5, 5.41) is 1.66. The smallest absolute Gasteiger partial charge is 0.305 e. The number of aromatic nitrogens is 1. The summed E-state index contributed by atoms with van der Waals surface area (Å²) >= 11 is 0. The van der Waals surface area contributed by atoms with Crippen molar-refractivity contribution in [2.75, 3.05) is 21.3 Å². The molecule has 6 nitrogen and oxygen atoms in total. The molecular formula is C17H21NO5. The van der Waals surface area contributed by atoms with E-state index in [-0.39, 0.29) is 17.9 Å². The van der Waals surface area contributed by atoms with Crippen LogP contribution in [0.5, 0.6) is 11.5 Å². The van der Waals surface area contributed by atoms with Crippen LogP contribution in [0.3, 0.4) is 0 Å². The van der Waals surface area contributed by atoms with Crippen LogP contribution in [-0.2, 0) is 22.4 Å². The van der Waals surface area contributed by atoms with E-state index in [4.69, 9.17) is 9.47 Å². The molecule has 0 aliphatic heterocycles. The predicted octanol–water partition coefficient (Wildman–Crippen LogP) is 2.21. The van der Waals surface area contributed by atoms with Crippen LogP contribution in [0.25, 0.3) is 10.8 Å². The molecule has 1 aromatic carbocycles. The zero-order valence-corrected chi connectivity index (χ0v) is 13.8. The van der Waals surface area contributed by atoms with Gasteiger partial charge in [-0.3, -0.25) is 9.59 Å². The number of H-pyrrole nitrogens is 1. The molecule has 0 aliphatic rings. The number of carbonyl (C=O) groups is 1. The molecule has 0 radical (unpaired) electrons. The summed E-state index contributed by atoms with van der Waals surface area (Å²) in [6, 6.07) is 3.64. The van der Waals surface area contributed by atoms with Gasteiger partial charge in [-0.15, -0.1) is 0 Å². The monoisotopic (exact) mass is 319 g/mol. The molecule has 6 heteroatoms. The van der Waals surface area contributed by atoms with Gasteiger partial charge in [0, 0.05) is 23.1 Å². The number of rotatable bonds is 6. The summed E-state index contributed by atoms with van der Waals surface area (Å²) in [5.74, 6) is 0.797. The van der Waals surface area contributed by atoms with Gasteiger partial charge in [0.15, 0.2) is 11.5 Å². The maximum Gasteiger partial charge on any atom is 0.305 e. The van der Waals surface area contributed by atoms with E-state index >= 15 is 0 Å². The average molecular weight is 319 g/mol. The Morgan fingerprint density at radius 1 is 1.09 bits per heavy atom. The fourth-order valence-corrected chi connectivity index (χ4v) is 2.64. The second kappa shape index (κ2) is 7.17. The second-order valence-electron chi connectivity index (χ2n) is 5.09. The number of benzene rings is 1. The molecular weight excluding hydrogens is 298 g/mol. The SMILES string of the molecule is CCc1[nH]c(=O)c(CCC(=O)OC)c2cc(OC)c(OC)cc12. The number of hydrogen-bond donors (Lipinski definition) is 1. The highest BCUT2D eigenvalue weighted by atomic mass is 16.5. The quantitative estimate of drug-likeness (QED) is 0.826. The number of esters is 1. The Hall–Kier alpha value is -2.50. The van der Waals surface area contributed by atoms with Crippen molar-refractivity contribution in [3.05, 3.63) is 33.7 Å². The maximum absolute atomic E-state index is 12.4. The first-order chi connectivity index (χ1) is 11.0. The van der Waals surface area contributed by atoms with Crippen molar-refractivity contribution in [3.63, 3.8) is 0 Å². The van der Waals surface area contributed by atoms with E-state index in [1.54, 1.807) is 20.3 Å². The van der Waals surface area contributed by atoms with Crippen molar-refractivity contribution in [2.24, 2.45) is 0 Å². The lowest BCUT2D eigenvalue weighted by molar-refractivity contribution is -0.140. The van der Waals surface area contributed by atoms with Crippen LogP contribution in [0.1, 0.15) is 24.6 Å². The highest BCUT2D eigenvalue weighted by Gasteiger charge is 2.16. The van der Waals surface area contributed by atoms with Gasteiger partial charge in [-0.2, -0.15) is 0 Å². The van der Waals surface area contributed by atoms with E-state index in [0.717, 1.165) is 16.5 Å². The number of pyridine rings is 1. The van der Waals surface area contributed by atoms with Gasteiger partial charge in [0.25, 0.3) is 5.56 Å². The molecule has 0 amide bonds. The summed E-state index contributed by atoms with van der Waals surface area (Å²) in [5.41, 5.74) is 1.18. The molecule has 0 bridgehead atoms. The molecule has 0 atom stereocenters. The third kappa shape index (κ3) is 3.31. The molecule has 2 rings (SSSR count). The van der Waals surface area contributed by atoms with Crippen molar-refractivity contribution in [1.29, 1.82) is 0 Å². The summed E-state index contributed by atoms with van der Waals surface area (Å²) in [4.78, 5) is 26.7. The fourth-order valence-electron chi connectivity index (χ4n) is 2.64. The minimum Gasteiger partial charge on any atom is -0.493 e. The molecule has 23 heavy (non-hydrogen) atoms. The van der Waals surface area contributed by atoms with Crippen LogP contribution in [0.2, 0.25) is 0 Å². The minimum absolute atomic E-state index is 0.147. The number of methoxy groups -OCH3 is 3. The summed E-state index contributed by atoms with van der Waals surface area (Å²) < 4.78 is 15.3. The van der Waals surface area contributed by atoms with Crippen LogP contribution >= 0.6 is 0 Å². The number of ether oxygens (including phenoxy) is 3. The van der Waals surface area contributed by atoms with Gasteiger partial charge < -0.3 is 19.2 Å². The van der Waals surface area contributed by atoms with Gasteiger partial charge in [0.2, 0.25) is 0 Å². The van der Waals surface area contributed by atoms with Gasteiger partial charge in [0.05, 0.1) is 21.3 Å². The normalized spacial score (nSPS) is 10.6. The average Bonchev–Trinajstić information content (AvgIpc) is 2.58. The van der Waals surface area contributed by atoms with E-state index in [2.05, 4.69) is 9.72 Å². The van der Waals surface area contributed by atoms with Gasteiger partial charge in [-0.05, 0) is 30.4 Å². The van der Waals surface area contributed by atoms with Gasteiger partial charge in [-0.1, -0.05) is 6.92 Å². The zero-order chi connectivity index (χ0) is 17.0. The van der Waals surface area contributed by atoms with Crippen LogP contribution in [-0.4, -0.2) is 32.3 Å². The third-order valence-corrected chi connectivity index (χ3v) is 3.87. The first kappa shape index (κ1) is 16.9. The Labute approximate surface area is 134 Å².